The number of rotatable bonds is 3. The van der Waals surface area contributed by atoms with E-state index in [1.807, 2.05) is 13.1 Å². The molecule has 0 aliphatic rings. The number of hydrogen-bond acceptors (Lipinski definition) is 2. The number of imidazole rings is 1. The average molecular weight is 293 g/mol. The van der Waals surface area contributed by atoms with Crippen molar-refractivity contribution in [2.45, 2.75) is 32.7 Å². The van der Waals surface area contributed by atoms with E-state index in [9.17, 15) is 0 Å². The Hall–Kier alpha value is -2.29. The van der Waals surface area contributed by atoms with Crippen molar-refractivity contribution in [2.75, 3.05) is 12.4 Å². The van der Waals surface area contributed by atoms with Gasteiger partial charge in [0, 0.05) is 7.05 Å². The fourth-order valence-corrected chi connectivity index (χ4v) is 2.72. The van der Waals surface area contributed by atoms with Crippen molar-refractivity contribution in [3.8, 4) is 0 Å². The van der Waals surface area contributed by atoms with Crippen LogP contribution < -0.4 is 5.32 Å². The van der Waals surface area contributed by atoms with Crippen LogP contribution in [0, 0.1) is 0 Å². The molecule has 0 atom stereocenters. The lowest BCUT2D eigenvalue weighted by atomic mass is 9.87. The molecule has 0 aliphatic heterocycles. The number of aromatic nitrogens is 2. The zero-order valence-corrected chi connectivity index (χ0v) is 13.7. The van der Waals surface area contributed by atoms with Crippen LogP contribution in [0.25, 0.3) is 11.0 Å². The summed E-state index contributed by atoms with van der Waals surface area (Å²) in [4.78, 5) is 4.64. The van der Waals surface area contributed by atoms with Gasteiger partial charge in [-0.1, -0.05) is 57.2 Å². The summed E-state index contributed by atoms with van der Waals surface area (Å²) in [7, 11) is 1.92. The highest BCUT2D eigenvalue weighted by molar-refractivity contribution is 5.78. The van der Waals surface area contributed by atoms with Gasteiger partial charge in [-0.3, -0.25) is 0 Å². The third-order valence-electron chi connectivity index (χ3n) is 4.04. The van der Waals surface area contributed by atoms with Gasteiger partial charge in [0.25, 0.3) is 0 Å². The van der Waals surface area contributed by atoms with E-state index in [1.165, 1.54) is 11.1 Å². The summed E-state index contributed by atoms with van der Waals surface area (Å²) >= 11 is 0. The van der Waals surface area contributed by atoms with E-state index in [0.717, 1.165) is 23.5 Å². The first-order valence-electron chi connectivity index (χ1n) is 7.71. The Morgan fingerprint density at radius 3 is 2.32 bits per heavy atom. The number of anilines is 1. The number of nitrogens with zero attached hydrogens (tertiary/aromatic N) is 2. The first kappa shape index (κ1) is 14.6. The Labute approximate surface area is 132 Å². The lowest BCUT2D eigenvalue weighted by Crippen LogP contribution is -2.11. The van der Waals surface area contributed by atoms with Crippen LogP contribution in [0.3, 0.4) is 0 Å². The molecule has 3 aromatic rings. The Kier molecular flexibility index (Phi) is 3.65. The Morgan fingerprint density at radius 2 is 1.68 bits per heavy atom. The molecule has 22 heavy (non-hydrogen) atoms. The van der Waals surface area contributed by atoms with Gasteiger partial charge in [0.15, 0.2) is 0 Å². The minimum Gasteiger partial charge on any atom is -0.359 e. The molecule has 1 heterocycles. The molecule has 0 bridgehead atoms. The predicted octanol–water partition coefficient (Wildman–Crippen LogP) is 4.42. The highest BCUT2D eigenvalue weighted by Gasteiger charge is 2.14. The average Bonchev–Trinajstić information content (AvgIpc) is 2.85. The maximum Gasteiger partial charge on any atom is 0.203 e. The van der Waals surface area contributed by atoms with E-state index in [1.54, 1.807) is 0 Å². The maximum absolute atomic E-state index is 4.64. The molecule has 0 saturated heterocycles. The van der Waals surface area contributed by atoms with Crippen molar-refractivity contribution in [1.29, 1.82) is 0 Å². The van der Waals surface area contributed by atoms with E-state index >= 15 is 0 Å². The van der Waals surface area contributed by atoms with Crippen molar-refractivity contribution in [1.82, 2.24) is 9.55 Å². The second-order valence-electron chi connectivity index (χ2n) is 6.71. The second-order valence-corrected chi connectivity index (χ2v) is 6.71. The SMILES string of the molecule is CNc1nc2ccccc2n1Cc1ccc(C(C)(C)C)cc1. The summed E-state index contributed by atoms with van der Waals surface area (Å²) in [6, 6.07) is 17.1. The fraction of sp³-hybridized carbons (Fsp3) is 0.316. The minimum absolute atomic E-state index is 0.191. The van der Waals surface area contributed by atoms with Crippen molar-refractivity contribution >= 4 is 17.0 Å². The van der Waals surface area contributed by atoms with Gasteiger partial charge in [0.2, 0.25) is 5.95 Å². The van der Waals surface area contributed by atoms with Gasteiger partial charge in [-0.05, 0) is 28.7 Å². The van der Waals surface area contributed by atoms with Gasteiger partial charge in [0.1, 0.15) is 0 Å². The highest BCUT2D eigenvalue weighted by atomic mass is 15.2. The van der Waals surface area contributed by atoms with E-state index < -0.39 is 0 Å². The lowest BCUT2D eigenvalue weighted by molar-refractivity contribution is 0.590. The van der Waals surface area contributed by atoms with Crippen LogP contribution in [0.5, 0.6) is 0 Å². The fourth-order valence-electron chi connectivity index (χ4n) is 2.72. The molecule has 1 N–H and O–H groups in total. The van der Waals surface area contributed by atoms with Crippen LogP contribution in [0.4, 0.5) is 5.95 Å². The molecule has 0 spiro atoms. The first-order chi connectivity index (χ1) is 10.5. The Balaban J connectivity index is 1.96. The third-order valence-corrected chi connectivity index (χ3v) is 4.04. The zero-order chi connectivity index (χ0) is 15.7. The van der Waals surface area contributed by atoms with Gasteiger partial charge >= 0.3 is 0 Å². The normalized spacial score (nSPS) is 11.8. The summed E-state index contributed by atoms with van der Waals surface area (Å²) < 4.78 is 2.22. The van der Waals surface area contributed by atoms with Crippen LogP contribution in [0.1, 0.15) is 31.9 Å². The monoisotopic (exact) mass is 293 g/mol. The zero-order valence-electron chi connectivity index (χ0n) is 13.7. The predicted molar refractivity (Wildman–Crippen MR) is 93.5 cm³/mol. The van der Waals surface area contributed by atoms with E-state index in [0.29, 0.717) is 0 Å². The molecular formula is C19H23N3. The van der Waals surface area contributed by atoms with Crippen LogP contribution >= 0.6 is 0 Å². The molecule has 2 aromatic carbocycles. The molecule has 0 fully saturated rings. The minimum atomic E-state index is 0.191. The molecule has 3 rings (SSSR count). The van der Waals surface area contributed by atoms with E-state index in [2.05, 4.69) is 78.1 Å². The van der Waals surface area contributed by atoms with Crippen molar-refractivity contribution in [3.05, 3.63) is 59.7 Å². The molecule has 0 radical (unpaired) electrons. The smallest absolute Gasteiger partial charge is 0.203 e. The van der Waals surface area contributed by atoms with Crippen LogP contribution in [-0.2, 0) is 12.0 Å². The molecule has 3 heteroatoms. The van der Waals surface area contributed by atoms with Crippen LogP contribution in [0.2, 0.25) is 0 Å². The van der Waals surface area contributed by atoms with E-state index in [4.69, 9.17) is 0 Å². The summed E-state index contributed by atoms with van der Waals surface area (Å²) in [5.74, 6) is 0.904. The van der Waals surface area contributed by atoms with Gasteiger partial charge in [-0.15, -0.1) is 0 Å². The van der Waals surface area contributed by atoms with Gasteiger partial charge < -0.3 is 9.88 Å². The first-order valence-corrected chi connectivity index (χ1v) is 7.71. The van der Waals surface area contributed by atoms with Gasteiger partial charge in [0.05, 0.1) is 17.6 Å². The summed E-state index contributed by atoms with van der Waals surface area (Å²) in [5.41, 5.74) is 5.02. The number of nitrogens with one attached hydrogen (secondary N) is 1. The molecule has 114 valence electrons. The van der Waals surface area contributed by atoms with Crippen molar-refractivity contribution < 1.29 is 0 Å². The van der Waals surface area contributed by atoms with Gasteiger partial charge in [-0.2, -0.15) is 0 Å². The molecule has 0 aliphatic carbocycles. The molecule has 0 unspecified atom stereocenters. The Morgan fingerprint density at radius 1 is 1.00 bits per heavy atom. The van der Waals surface area contributed by atoms with Gasteiger partial charge in [-0.25, -0.2) is 4.98 Å². The van der Waals surface area contributed by atoms with Crippen molar-refractivity contribution in [2.24, 2.45) is 0 Å². The van der Waals surface area contributed by atoms with Crippen LogP contribution in [0.15, 0.2) is 48.5 Å². The number of para-hydroxylation sites is 2. The third kappa shape index (κ3) is 2.71. The topological polar surface area (TPSA) is 29.9 Å². The molecule has 0 saturated carbocycles. The largest absolute Gasteiger partial charge is 0.359 e. The van der Waals surface area contributed by atoms with Crippen LogP contribution in [-0.4, -0.2) is 16.6 Å². The number of fused-ring (bicyclic) bond motifs is 1. The maximum atomic E-state index is 4.64. The highest BCUT2D eigenvalue weighted by Crippen LogP contribution is 2.24. The molecule has 0 amide bonds. The second kappa shape index (κ2) is 5.48. The Bertz CT molecular complexity index is 777. The summed E-state index contributed by atoms with van der Waals surface area (Å²) in [6.45, 7) is 7.54. The molecular weight excluding hydrogens is 270 g/mol. The van der Waals surface area contributed by atoms with Crippen molar-refractivity contribution in [3.63, 3.8) is 0 Å². The molecule has 1 aromatic heterocycles. The van der Waals surface area contributed by atoms with E-state index in [-0.39, 0.29) is 5.41 Å². The number of benzene rings is 2. The standard InChI is InChI=1S/C19H23N3/c1-19(2,3)15-11-9-14(10-12-15)13-22-17-8-6-5-7-16(17)21-18(22)20-4/h5-12H,13H2,1-4H3,(H,20,21). The lowest BCUT2D eigenvalue weighted by Gasteiger charge is -2.19. The number of hydrogen-bond donors (Lipinski definition) is 1. The summed E-state index contributed by atoms with van der Waals surface area (Å²) in [5, 5.41) is 3.19. The summed E-state index contributed by atoms with van der Waals surface area (Å²) in [6.07, 6.45) is 0. The quantitative estimate of drug-likeness (QED) is 0.774. The molecule has 3 nitrogen and oxygen atoms in total.